The number of benzene rings is 1. The molecular formula is C16H14N6O4. The number of hydrogen-bond acceptors (Lipinski definition) is 6. The van der Waals surface area contributed by atoms with Crippen LogP contribution < -0.4 is 15.8 Å². The number of primary amides is 1. The molecule has 3 aromatic rings. The molecule has 26 heavy (non-hydrogen) atoms. The zero-order valence-electron chi connectivity index (χ0n) is 13.4. The summed E-state index contributed by atoms with van der Waals surface area (Å²) in [6.45, 7) is -0.0300. The summed E-state index contributed by atoms with van der Waals surface area (Å²) in [7, 11) is 0. The Balaban J connectivity index is 1.78. The van der Waals surface area contributed by atoms with Crippen molar-refractivity contribution in [3.8, 4) is 22.9 Å². The van der Waals surface area contributed by atoms with E-state index in [0.29, 0.717) is 22.7 Å². The first-order valence-corrected chi connectivity index (χ1v) is 7.40. The van der Waals surface area contributed by atoms with Crippen LogP contribution in [-0.2, 0) is 11.3 Å². The van der Waals surface area contributed by atoms with E-state index in [1.54, 1.807) is 36.7 Å². The molecule has 0 saturated carbocycles. The summed E-state index contributed by atoms with van der Waals surface area (Å²) in [5.41, 5.74) is 6.72. The van der Waals surface area contributed by atoms with Crippen molar-refractivity contribution in [3.05, 3.63) is 49.1 Å². The molecular weight excluding hydrogens is 340 g/mol. The summed E-state index contributed by atoms with van der Waals surface area (Å²) in [5, 5.41) is 15.0. The first-order chi connectivity index (χ1) is 12.5. The third-order valence-electron chi connectivity index (χ3n) is 3.20. The maximum atomic E-state index is 10.9. The van der Waals surface area contributed by atoms with Crippen molar-refractivity contribution < 1.29 is 19.4 Å². The number of aromatic nitrogens is 4. The van der Waals surface area contributed by atoms with Crippen LogP contribution >= 0.6 is 0 Å². The molecule has 2 heterocycles. The van der Waals surface area contributed by atoms with E-state index >= 15 is 0 Å². The average Bonchev–Trinajstić information content (AvgIpc) is 3.02. The molecule has 10 heteroatoms. The minimum Gasteiger partial charge on any atom is -0.465 e. The fraction of sp³-hybridized carbons (Fsp3) is 0.0625. The molecule has 0 fully saturated rings. The monoisotopic (exact) mass is 354 g/mol. The van der Waals surface area contributed by atoms with E-state index in [0.717, 1.165) is 0 Å². The van der Waals surface area contributed by atoms with E-state index < -0.39 is 12.0 Å². The van der Waals surface area contributed by atoms with Gasteiger partial charge in [0.2, 0.25) is 11.8 Å². The lowest BCUT2D eigenvalue weighted by molar-refractivity contribution is -0.118. The van der Waals surface area contributed by atoms with Crippen LogP contribution in [0.2, 0.25) is 0 Å². The smallest absolute Gasteiger partial charge is 0.409 e. The van der Waals surface area contributed by atoms with Gasteiger partial charge in [0.15, 0.2) is 0 Å². The van der Waals surface area contributed by atoms with Crippen molar-refractivity contribution in [3.63, 3.8) is 0 Å². The summed E-state index contributed by atoms with van der Waals surface area (Å²) >= 11 is 0. The van der Waals surface area contributed by atoms with E-state index in [2.05, 4.69) is 20.4 Å². The highest BCUT2D eigenvalue weighted by atomic mass is 16.5. The molecule has 0 unspecified atom stereocenters. The Bertz CT molecular complexity index is 955. The minimum atomic E-state index is -1.17. The molecule has 10 nitrogen and oxygen atoms in total. The van der Waals surface area contributed by atoms with Crippen LogP contribution in [0.5, 0.6) is 11.6 Å². The van der Waals surface area contributed by atoms with Crippen LogP contribution in [0.25, 0.3) is 11.3 Å². The SMILES string of the molecule is NC(=O)Cn1cc(-c2cc(Oc3cccc(NC(=O)O)c3)ncn2)cn1. The quantitative estimate of drug-likeness (QED) is 0.611. The van der Waals surface area contributed by atoms with Gasteiger partial charge in [-0.1, -0.05) is 6.07 Å². The van der Waals surface area contributed by atoms with Crippen molar-refractivity contribution in [2.45, 2.75) is 6.54 Å². The number of carbonyl (C=O) groups is 2. The first kappa shape index (κ1) is 16.9. The summed E-state index contributed by atoms with van der Waals surface area (Å²) < 4.78 is 7.05. The number of ether oxygens (including phenoxy) is 1. The second-order valence-electron chi connectivity index (χ2n) is 5.19. The highest BCUT2D eigenvalue weighted by molar-refractivity contribution is 5.83. The molecule has 2 amide bonds. The Hall–Kier alpha value is -3.95. The van der Waals surface area contributed by atoms with Crippen LogP contribution in [0.15, 0.2) is 49.1 Å². The van der Waals surface area contributed by atoms with Crippen molar-refractivity contribution in [1.82, 2.24) is 19.7 Å². The van der Waals surface area contributed by atoms with E-state index in [-0.39, 0.29) is 12.4 Å². The largest absolute Gasteiger partial charge is 0.465 e. The van der Waals surface area contributed by atoms with E-state index in [1.807, 2.05) is 0 Å². The normalized spacial score (nSPS) is 10.3. The standard InChI is InChI=1S/C16H14N6O4/c17-14(23)8-22-7-10(6-20-22)13-5-15(19-9-18-13)26-12-3-1-2-11(4-12)21-16(24)25/h1-7,9,21H,8H2,(H2,17,23)(H,24,25). The number of carboxylic acid groups (broad SMARTS) is 1. The number of carbonyl (C=O) groups excluding carboxylic acids is 1. The first-order valence-electron chi connectivity index (χ1n) is 7.40. The molecule has 2 aromatic heterocycles. The Morgan fingerprint density at radius 2 is 2.12 bits per heavy atom. The number of rotatable bonds is 6. The second kappa shape index (κ2) is 7.30. The number of anilines is 1. The van der Waals surface area contributed by atoms with Gasteiger partial charge in [0, 0.05) is 29.6 Å². The second-order valence-corrected chi connectivity index (χ2v) is 5.19. The van der Waals surface area contributed by atoms with Gasteiger partial charge in [0.05, 0.1) is 11.9 Å². The highest BCUT2D eigenvalue weighted by Gasteiger charge is 2.08. The van der Waals surface area contributed by atoms with Crippen molar-refractivity contribution in [2.75, 3.05) is 5.32 Å². The lowest BCUT2D eigenvalue weighted by Gasteiger charge is -2.07. The Morgan fingerprint density at radius 1 is 1.27 bits per heavy atom. The average molecular weight is 354 g/mol. The maximum Gasteiger partial charge on any atom is 0.409 e. The van der Waals surface area contributed by atoms with Gasteiger partial charge in [0.1, 0.15) is 18.6 Å². The van der Waals surface area contributed by atoms with Gasteiger partial charge >= 0.3 is 6.09 Å². The number of nitrogens with zero attached hydrogens (tertiary/aromatic N) is 4. The fourth-order valence-corrected chi connectivity index (χ4v) is 2.18. The third-order valence-corrected chi connectivity index (χ3v) is 3.20. The molecule has 3 rings (SSSR count). The topological polar surface area (TPSA) is 145 Å². The number of amides is 2. The molecule has 4 N–H and O–H groups in total. The molecule has 0 saturated heterocycles. The molecule has 1 aromatic carbocycles. The van der Waals surface area contributed by atoms with Crippen molar-refractivity contribution in [2.24, 2.45) is 5.73 Å². The van der Waals surface area contributed by atoms with Gasteiger partial charge in [-0.3, -0.25) is 14.8 Å². The number of nitrogens with one attached hydrogen (secondary N) is 1. The van der Waals surface area contributed by atoms with E-state index in [4.69, 9.17) is 15.6 Å². The summed E-state index contributed by atoms with van der Waals surface area (Å²) in [5.74, 6) is 0.177. The Morgan fingerprint density at radius 3 is 2.88 bits per heavy atom. The van der Waals surface area contributed by atoms with E-state index in [9.17, 15) is 9.59 Å². The zero-order valence-corrected chi connectivity index (χ0v) is 13.4. The summed E-state index contributed by atoms with van der Waals surface area (Å²) in [4.78, 5) is 29.8. The molecule has 0 radical (unpaired) electrons. The predicted molar refractivity (Wildman–Crippen MR) is 90.6 cm³/mol. The summed E-state index contributed by atoms with van der Waals surface area (Å²) in [6, 6.07) is 8.04. The lowest BCUT2D eigenvalue weighted by atomic mass is 10.2. The van der Waals surface area contributed by atoms with Crippen molar-refractivity contribution >= 4 is 17.7 Å². The Kier molecular flexibility index (Phi) is 4.74. The Labute approximate surface area is 147 Å². The van der Waals surface area contributed by atoms with Gasteiger partial charge in [-0.2, -0.15) is 5.10 Å². The molecule has 132 valence electrons. The van der Waals surface area contributed by atoms with Crippen LogP contribution in [0.4, 0.5) is 10.5 Å². The summed E-state index contributed by atoms with van der Waals surface area (Å²) in [6.07, 6.45) is 3.34. The van der Waals surface area contributed by atoms with Gasteiger partial charge < -0.3 is 15.6 Å². The number of nitrogens with two attached hydrogens (primary N) is 1. The van der Waals surface area contributed by atoms with E-state index in [1.165, 1.54) is 17.1 Å². The minimum absolute atomic E-state index is 0.0300. The zero-order chi connectivity index (χ0) is 18.5. The molecule has 0 aliphatic heterocycles. The maximum absolute atomic E-state index is 10.9. The highest BCUT2D eigenvalue weighted by Crippen LogP contribution is 2.25. The van der Waals surface area contributed by atoms with Gasteiger partial charge in [0.25, 0.3) is 0 Å². The fourth-order valence-electron chi connectivity index (χ4n) is 2.18. The third kappa shape index (κ3) is 4.32. The van der Waals surface area contributed by atoms with Crippen LogP contribution in [0.1, 0.15) is 0 Å². The molecule has 0 aliphatic carbocycles. The van der Waals surface area contributed by atoms with Gasteiger partial charge in [-0.15, -0.1) is 0 Å². The van der Waals surface area contributed by atoms with Crippen LogP contribution in [0.3, 0.4) is 0 Å². The van der Waals surface area contributed by atoms with Gasteiger partial charge in [-0.25, -0.2) is 14.8 Å². The number of hydrogen-bond donors (Lipinski definition) is 3. The van der Waals surface area contributed by atoms with Gasteiger partial charge in [-0.05, 0) is 12.1 Å². The molecule has 0 atom stereocenters. The van der Waals surface area contributed by atoms with Crippen molar-refractivity contribution in [1.29, 1.82) is 0 Å². The molecule has 0 bridgehead atoms. The molecule has 0 spiro atoms. The lowest BCUT2D eigenvalue weighted by Crippen LogP contribution is -2.18. The van der Waals surface area contributed by atoms with Crippen LogP contribution in [0, 0.1) is 0 Å². The van der Waals surface area contributed by atoms with Crippen LogP contribution in [-0.4, -0.2) is 36.9 Å². The predicted octanol–water partition coefficient (Wildman–Crippen LogP) is 1.71. The molecule has 0 aliphatic rings.